The molecule has 4 N–H and O–H groups in total. The molecule has 3 nitrogen and oxygen atoms in total. The van der Waals surface area contributed by atoms with E-state index in [2.05, 4.69) is 4.98 Å². The zero-order valence-corrected chi connectivity index (χ0v) is 8.61. The Bertz CT molecular complexity index is 487. The number of nitrogens with two attached hydrogens (primary N) is 1. The minimum Gasteiger partial charge on any atom is -0.378 e. The van der Waals surface area contributed by atoms with Gasteiger partial charge in [-0.2, -0.15) is 0 Å². The minimum absolute atomic E-state index is 0.123. The van der Waals surface area contributed by atoms with Gasteiger partial charge >= 0.3 is 0 Å². The summed E-state index contributed by atoms with van der Waals surface area (Å²) in [6, 6.07) is 8.02. The third-order valence-electron chi connectivity index (χ3n) is 2.05. The fourth-order valence-electron chi connectivity index (χ4n) is 1.49. The van der Waals surface area contributed by atoms with Gasteiger partial charge in [0.2, 0.25) is 0 Å². The number of hydrogen-bond acceptors (Lipinski definition) is 2. The summed E-state index contributed by atoms with van der Waals surface area (Å²) in [5.41, 5.74) is 7.53. The second-order valence-corrected chi connectivity index (χ2v) is 4.14. The van der Waals surface area contributed by atoms with Crippen LogP contribution in [0, 0.1) is 12.3 Å². The van der Waals surface area contributed by atoms with Crippen molar-refractivity contribution in [1.29, 1.82) is 5.41 Å². The summed E-state index contributed by atoms with van der Waals surface area (Å²) in [5.74, 6) is 0. The predicted molar refractivity (Wildman–Crippen MR) is 60.8 cm³/mol. The fourth-order valence-corrected chi connectivity index (χ4v) is 2.20. The van der Waals surface area contributed by atoms with E-state index in [4.69, 9.17) is 11.1 Å². The van der Waals surface area contributed by atoms with E-state index >= 15 is 0 Å². The van der Waals surface area contributed by atoms with Gasteiger partial charge in [-0.15, -0.1) is 0 Å². The molecule has 4 heteroatoms. The molecule has 0 saturated heterocycles. The Balaban J connectivity index is 2.62. The van der Waals surface area contributed by atoms with Crippen LogP contribution in [0.1, 0.15) is 5.69 Å². The first-order valence-corrected chi connectivity index (χ1v) is 5.09. The summed E-state index contributed by atoms with van der Waals surface area (Å²) >= 11 is 1.29. The molecule has 0 fully saturated rings. The number of aromatic amines is 1. The van der Waals surface area contributed by atoms with E-state index in [1.807, 2.05) is 31.2 Å². The summed E-state index contributed by atoms with van der Waals surface area (Å²) < 4.78 is 0. The van der Waals surface area contributed by atoms with Crippen LogP contribution < -0.4 is 5.73 Å². The van der Waals surface area contributed by atoms with E-state index in [0.29, 0.717) is 0 Å². The molecule has 0 saturated carbocycles. The van der Waals surface area contributed by atoms with Crippen molar-refractivity contribution < 1.29 is 0 Å². The summed E-state index contributed by atoms with van der Waals surface area (Å²) in [4.78, 5) is 4.31. The Morgan fingerprint density at radius 2 is 2.14 bits per heavy atom. The van der Waals surface area contributed by atoms with Gasteiger partial charge in [-0.05, 0) is 13.0 Å². The number of amidine groups is 1. The van der Waals surface area contributed by atoms with Gasteiger partial charge < -0.3 is 10.7 Å². The van der Waals surface area contributed by atoms with Crippen molar-refractivity contribution in [2.24, 2.45) is 5.73 Å². The van der Waals surface area contributed by atoms with Crippen LogP contribution in [0.3, 0.4) is 0 Å². The van der Waals surface area contributed by atoms with Gasteiger partial charge in [-0.25, -0.2) is 0 Å². The Labute approximate surface area is 86.2 Å². The average molecular weight is 205 g/mol. The van der Waals surface area contributed by atoms with Crippen LogP contribution >= 0.6 is 11.8 Å². The van der Waals surface area contributed by atoms with Gasteiger partial charge in [0.25, 0.3) is 0 Å². The van der Waals surface area contributed by atoms with Crippen LogP contribution in [0.5, 0.6) is 0 Å². The molecule has 0 amide bonds. The van der Waals surface area contributed by atoms with Crippen LogP contribution in [-0.2, 0) is 0 Å². The van der Waals surface area contributed by atoms with Gasteiger partial charge in [0, 0.05) is 21.5 Å². The number of H-pyrrole nitrogens is 1. The molecule has 2 rings (SSSR count). The molecule has 0 atom stereocenters. The Hall–Kier alpha value is -1.42. The summed E-state index contributed by atoms with van der Waals surface area (Å²) in [5, 5.41) is 8.52. The van der Waals surface area contributed by atoms with Gasteiger partial charge in [-0.3, -0.25) is 5.41 Å². The Kier molecular flexibility index (Phi) is 2.21. The van der Waals surface area contributed by atoms with E-state index in [0.717, 1.165) is 21.5 Å². The van der Waals surface area contributed by atoms with Gasteiger partial charge in [0.05, 0.1) is 0 Å². The summed E-state index contributed by atoms with van der Waals surface area (Å²) in [6.45, 7) is 1.99. The Morgan fingerprint density at radius 1 is 1.43 bits per heavy atom. The van der Waals surface area contributed by atoms with E-state index in [1.165, 1.54) is 11.8 Å². The van der Waals surface area contributed by atoms with Gasteiger partial charge in [-0.1, -0.05) is 30.0 Å². The maximum atomic E-state index is 7.27. The van der Waals surface area contributed by atoms with Crippen LogP contribution in [0.25, 0.3) is 10.9 Å². The number of thioether (sulfide) groups is 1. The molecule has 14 heavy (non-hydrogen) atoms. The lowest BCUT2D eigenvalue weighted by atomic mass is 10.2. The first-order valence-electron chi connectivity index (χ1n) is 4.27. The van der Waals surface area contributed by atoms with Gasteiger partial charge in [0.15, 0.2) is 5.17 Å². The second kappa shape index (κ2) is 3.38. The molecule has 0 unspecified atom stereocenters. The highest BCUT2D eigenvalue weighted by atomic mass is 32.2. The Morgan fingerprint density at radius 3 is 2.86 bits per heavy atom. The van der Waals surface area contributed by atoms with Crippen LogP contribution in [0.15, 0.2) is 29.2 Å². The van der Waals surface area contributed by atoms with Crippen LogP contribution in [0.4, 0.5) is 0 Å². The molecule has 0 aliphatic rings. The molecule has 72 valence electrons. The number of aromatic nitrogens is 1. The van der Waals surface area contributed by atoms with E-state index in [9.17, 15) is 0 Å². The molecule has 0 spiro atoms. The van der Waals surface area contributed by atoms with Crippen LogP contribution in [-0.4, -0.2) is 10.2 Å². The monoisotopic (exact) mass is 205 g/mol. The SMILES string of the molecule is Cc1[nH]c2ccccc2c1SC(=N)N. The van der Waals surface area contributed by atoms with Crippen molar-refractivity contribution in [3.63, 3.8) is 0 Å². The third-order valence-corrected chi connectivity index (χ3v) is 3.00. The maximum absolute atomic E-state index is 7.27. The zero-order valence-electron chi connectivity index (χ0n) is 7.79. The molecule has 2 aromatic rings. The molecule has 0 radical (unpaired) electrons. The largest absolute Gasteiger partial charge is 0.378 e. The number of benzene rings is 1. The normalized spacial score (nSPS) is 10.6. The highest BCUT2D eigenvalue weighted by Crippen LogP contribution is 2.30. The highest BCUT2D eigenvalue weighted by molar-refractivity contribution is 8.13. The first kappa shape index (κ1) is 9.15. The molecule has 1 aromatic heterocycles. The summed E-state index contributed by atoms with van der Waals surface area (Å²) in [6.07, 6.45) is 0. The van der Waals surface area contributed by atoms with E-state index in [-0.39, 0.29) is 5.17 Å². The first-order chi connectivity index (χ1) is 6.68. The van der Waals surface area contributed by atoms with E-state index in [1.54, 1.807) is 0 Å². The van der Waals surface area contributed by atoms with Crippen molar-refractivity contribution in [3.05, 3.63) is 30.0 Å². The molecular weight excluding hydrogens is 194 g/mol. The lowest BCUT2D eigenvalue weighted by Crippen LogP contribution is -2.02. The smallest absolute Gasteiger partial charge is 0.156 e. The number of nitrogens with one attached hydrogen (secondary N) is 2. The lowest BCUT2D eigenvalue weighted by Gasteiger charge is -1.97. The lowest BCUT2D eigenvalue weighted by molar-refractivity contribution is 1.23. The fraction of sp³-hybridized carbons (Fsp3) is 0.100. The number of para-hydroxylation sites is 1. The molecule has 0 aliphatic heterocycles. The number of aryl methyl sites for hydroxylation is 1. The molecule has 0 aliphatic carbocycles. The molecular formula is C10H11N3S. The van der Waals surface area contributed by atoms with Crippen LogP contribution in [0.2, 0.25) is 0 Å². The third kappa shape index (κ3) is 1.48. The predicted octanol–water partition coefficient (Wildman–Crippen LogP) is 2.46. The number of hydrogen-bond donors (Lipinski definition) is 3. The zero-order chi connectivity index (χ0) is 10.1. The number of fused-ring (bicyclic) bond motifs is 1. The minimum atomic E-state index is 0.123. The molecule has 1 aromatic carbocycles. The van der Waals surface area contributed by atoms with Crippen molar-refractivity contribution in [2.45, 2.75) is 11.8 Å². The van der Waals surface area contributed by atoms with Gasteiger partial charge in [0.1, 0.15) is 0 Å². The summed E-state index contributed by atoms with van der Waals surface area (Å²) in [7, 11) is 0. The van der Waals surface area contributed by atoms with Crippen molar-refractivity contribution in [2.75, 3.05) is 0 Å². The molecule has 1 heterocycles. The quantitative estimate of drug-likeness (QED) is 0.380. The van der Waals surface area contributed by atoms with Crippen molar-refractivity contribution in [3.8, 4) is 0 Å². The number of rotatable bonds is 1. The van der Waals surface area contributed by atoms with Crippen molar-refractivity contribution >= 4 is 27.8 Å². The standard InChI is InChI=1S/C10H11N3S/c1-6-9(14-10(11)12)7-4-2-3-5-8(7)13-6/h2-5,13H,1H3,(H3,11,12). The molecule has 0 bridgehead atoms. The second-order valence-electron chi connectivity index (χ2n) is 3.09. The van der Waals surface area contributed by atoms with Crippen molar-refractivity contribution in [1.82, 2.24) is 4.98 Å². The average Bonchev–Trinajstić information content (AvgIpc) is 2.43. The highest BCUT2D eigenvalue weighted by Gasteiger charge is 2.08. The topological polar surface area (TPSA) is 65.7 Å². The maximum Gasteiger partial charge on any atom is 0.156 e. The van der Waals surface area contributed by atoms with E-state index < -0.39 is 0 Å².